The van der Waals surface area contributed by atoms with Gasteiger partial charge in [-0.05, 0) is 60.9 Å². The van der Waals surface area contributed by atoms with Crippen molar-refractivity contribution in [2.75, 3.05) is 19.7 Å². The molecule has 9 heteroatoms. The first-order valence-electron chi connectivity index (χ1n) is 9.21. The van der Waals surface area contributed by atoms with Gasteiger partial charge in [0.05, 0.1) is 14.9 Å². The van der Waals surface area contributed by atoms with Crippen LogP contribution in [0.1, 0.15) is 28.8 Å². The molecular formula is C21H19Cl2NO5S. The molecule has 0 aromatic heterocycles. The average molecular weight is 468 g/mol. The first kappa shape index (κ1) is 22.5. The summed E-state index contributed by atoms with van der Waals surface area (Å²) < 4.78 is 31.4. The Kier molecular flexibility index (Phi) is 7.31. The number of hydrogen-bond acceptors (Lipinski definition) is 5. The Morgan fingerprint density at radius 3 is 2.30 bits per heavy atom. The van der Waals surface area contributed by atoms with Gasteiger partial charge in [-0.3, -0.25) is 4.79 Å². The Balaban J connectivity index is 1.56. The molecule has 158 valence electrons. The molecule has 0 atom stereocenters. The maximum atomic E-state index is 12.5. The highest BCUT2D eigenvalue weighted by molar-refractivity contribution is 7.89. The van der Waals surface area contributed by atoms with Crippen LogP contribution in [0.4, 0.5) is 0 Å². The van der Waals surface area contributed by atoms with Crippen LogP contribution in [0.15, 0.2) is 53.4 Å². The maximum absolute atomic E-state index is 12.5. The molecule has 2 aromatic carbocycles. The SMILES string of the molecule is O=C(/C=C/c1ccc(Cl)c(Cl)c1)OCC(=O)c1ccc(S(=O)(=O)N2CCCC2)cc1. The summed E-state index contributed by atoms with van der Waals surface area (Å²) in [7, 11) is -3.54. The van der Waals surface area contributed by atoms with E-state index in [9.17, 15) is 18.0 Å². The first-order valence-corrected chi connectivity index (χ1v) is 11.4. The van der Waals surface area contributed by atoms with Crippen LogP contribution in [0, 0.1) is 0 Å². The highest BCUT2D eigenvalue weighted by Gasteiger charge is 2.27. The fourth-order valence-electron chi connectivity index (χ4n) is 2.94. The minimum Gasteiger partial charge on any atom is -0.454 e. The standard InChI is InChI=1S/C21H19Cl2NO5S/c22-18-9-3-15(13-19(18)23)4-10-21(26)29-14-20(25)16-5-7-17(8-6-16)30(27,28)24-11-1-2-12-24/h3-10,13H,1-2,11-12,14H2/b10-4+. The molecule has 0 spiro atoms. The number of benzene rings is 2. The van der Waals surface area contributed by atoms with Crippen molar-refractivity contribution in [1.29, 1.82) is 0 Å². The second-order valence-electron chi connectivity index (χ2n) is 6.67. The van der Waals surface area contributed by atoms with Crippen molar-refractivity contribution < 1.29 is 22.7 Å². The van der Waals surface area contributed by atoms with Gasteiger partial charge in [-0.15, -0.1) is 0 Å². The van der Waals surface area contributed by atoms with Gasteiger partial charge in [-0.25, -0.2) is 13.2 Å². The second-order valence-corrected chi connectivity index (χ2v) is 9.43. The van der Waals surface area contributed by atoms with Gasteiger partial charge in [-0.1, -0.05) is 29.3 Å². The number of nitrogens with zero attached hydrogens (tertiary/aromatic N) is 1. The van der Waals surface area contributed by atoms with Gasteiger partial charge in [0.25, 0.3) is 0 Å². The van der Waals surface area contributed by atoms with Gasteiger partial charge in [0.15, 0.2) is 12.4 Å². The lowest BCUT2D eigenvalue weighted by atomic mass is 10.1. The Morgan fingerprint density at radius 1 is 1.00 bits per heavy atom. The lowest BCUT2D eigenvalue weighted by Gasteiger charge is -2.15. The first-order chi connectivity index (χ1) is 14.3. The molecule has 1 fully saturated rings. The quantitative estimate of drug-likeness (QED) is 0.346. The third-order valence-electron chi connectivity index (χ3n) is 4.58. The lowest BCUT2D eigenvalue weighted by molar-refractivity contribution is -0.136. The molecule has 0 N–H and O–H groups in total. The predicted molar refractivity (Wildman–Crippen MR) is 115 cm³/mol. The summed E-state index contributed by atoms with van der Waals surface area (Å²) in [6.45, 7) is 0.562. The summed E-state index contributed by atoms with van der Waals surface area (Å²) in [4.78, 5) is 24.2. The smallest absolute Gasteiger partial charge is 0.331 e. The van der Waals surface area contributed by atoms with Crippen LogP contribution >= 0.6 is 23.2 Å². The molecule has 1 heterocycles. The molecule has 0 amide bonds. The van der Waals surface area contributed by atoms with Crippen LogP contribution < -0.4 is 0 Å². The Morgan fingerprint density at radius 2 is 1.67 bits per heavy atom. The zero-order valence-corrected chi connectivity index (χ0v) is 18.2. The number of esters is 1. The van der Waals surface area contributed by atoms with Crippen LogP contribution in [-0.2, 0) is 19.6 Å². The number of carbonyl (C=O) groups excluding carboxylic acids is 2. The minimum absolute atomic E-state index is 0.141. The van der Waals surface area contributed by atoms with Gasteiger partial charge >= 0.3 is 5.97 Å². The van der Waals surface area contributed by atoms with Crippen LogP contribution in [0.2, 0.25) is 10.0 Å². The van der Waals surface area contributed by atoms with Crippen molar-refractivity contribution in [3.8, 4) is 0 Å². The van der Waals surface area contributed by atoms with Crippen molar-refractivity contribution in [2.24, 2.45) is 0 Å². The highest BCUT2D eigenvalue weighted by atomic mass is 35.5. The lowest BCUT2D eigenvalue weighted by Crippen LogP contribution is -2.27. The molecule has 3 rings (SSSR count). The molecule has 0 aliphatic carbocycles. The van der Waals surface area contributed by atoms with Gasteiger partial charge in [0.1, 0.15) is 0 Å². The number of hydrogen-bond donors (Lipinski definition) is 0. The summed E-state index contributed by atoms with van der Waals surface area (Å²) in [6, 6.07) is 10.5. The summed E-state index contributed by atoms with van der Waals surface area (Å²) in [5.74, 6) is -1.13. The normalized spacial score (nSPS) is 14.9. The summed E-state index contributed by atoms with van der Waals surface area (Å²) in [6.07, 6.45) is 4.37. The van der Waals surface area contributed by atoms with E-state index < -0.39 is 28.4 Å². The Bertz CT molecular complexity index is 1080. The molecule has 0 unspecified atom stereocenters. The fourth-order valence-corrected chi connectivity index (χ4v) is 4.76. The number of sulfonamides is 1. The van der Waals surface area contributed by atoms with Gasteiger partial charge in [-0.2, -0.15) is 4.31 Å². The van der Waals surface area contributed by atoms with Crippen molar-refractivity contribution in [3.05, 3.63) is 69.7 Å². The van der Waals surface area contributed by atoms with Crippen molar-refractivity contribution >= 4 is 51.1 Å². The second kappa shape index (κ2) is 9.75. The number of rotatable bonds is 7. The molecule has 1 aliphatic rings. The van der Waals surface area contributed by atoms with E-state index in [2.05, 4.69) is 0 Å². The number of ketones is 1. The molecule has 6 nitrogen and oxygen atoms in total. The summed E-state index contributed by atoms with van der Waals surface area (Å²) in [5.41, 5.74) is 0.916. The van der Waals surface area contributed by atoms with Crippen LogP contribution in [0.3, 0.4) is 0 Å². The van der Waals surface area contributed by atoms with E-state index in [1.54, 1.807) is 18.2 Å². The van der Waals surface area contributed by atoms with E-state index in [0.29, 0.717) is 28.7 Å². The molecule has 1 saturated heterocycles. The van der Waals surface area contributed by atoms with Crippen LogP contribution in [-0.4, -0.2) is 44.2 Å². The number of ether oxygens (including phenoxy) is 1. The maximum Gasteiger partial charge on any atom is 0.331 e. The largest absolute Gasteiger partial charge is 0.454 e. The van der Waals surface area contributed by atoms with Crippen LogP contribution in [0.25, 0.3) is 6.08 Å². The average Bonchev–Trinajstić information content (AvgIpc) is 3.29. The fraction of sp³-hybridized carbons (Fsp3) is 0.238. The molecule has 30 heavy (non-hydrogen) atoms. The van der Waals surface area contributed by atoms with E-state index in [1.165, 1.54) is 40.7 Å². The zero-order chi connectivity index (χ0) is 21.7. The number of halogens is 2. The van der Waals surface area contributed by atoms with E-state index in [-0.39, 0.29) is 10.5 Å². The van der Waals surface area contributed by atoms with E-state index >= 15 is 0 Å². The molecule has 0 radical (unpaired) electrons. The molecule has 0 saturated carbocycles. The molecule has 0 bridgehead atoms. The third-order valence-corrected chi connectivity index (χ3v) is 7.23. The third kappa shape index (κ3) is 5.49. The van der Waals surface area contributed by atoms with Crippen LogP contribution in [0.5, 0.6) is 0 Å². The topological polar surface area (TPSA) is 80.8 Å². The molecule has 2 aromatic rings. The predicted octanol–water partition coefficient (Wildman–Crippen LogP) is 4.22. The van der Waals surface area contributed by atoms with Gasteiger partial charge in [0.2, 0.25) is 10.0 Å². The van der Waals surface area contributed by atoms with E-state index in [0.717, 1.165) is 12.8 Å². The summed E-state index contributed by atoms with van der Waals surface area (Å²) >= 11 is 11.7. The minimum atomic E-state index is -3.54. The number of carbonyl (C=O) groups is 2. The molecule has 1 aliphatic heterocycles. The van der Waals surface area contributed by atoms with Gasteiger partial charge < -0.3 is 4.74 Å². The monoisotopic (exact) mass is 467 g/mol. The van der Waals surface area contributed by atoms with E-state index in [1.807, 2.05) is 0 Å². The summed E-state index contributed by atoms with van der Waals surface area (Å²) in [5, 5.41) is 0.763. The van der Waals surface area contributed by atoms with E-state index in [4.69, 9.17) is 27.9 Å². The van der Waals surface area contributed by atoms with Crippen molar-refractivity contribution in [3.63, 3.8) is 0 Å². The highest BCUT2D eigenvalue weighted by Crippen LogP contribution is 2.23. The molecular weight excluding hydrogens is 449 g/mol. The van der Waals surface area contributed by atoms with Crippen molar-refractivity contribution in [2.45, 2.75) is 17.7 Å². The van der Waals surface area contributed by atoms with Gasteiger partial charge in [0, 0.05) is 24.7 Å². The number of Topliss-reactive ketones (excluding diaryl/α,β-unsaturated/α-hetero) is 1. The Hall–Kier alpha value is -2.19. The Labute approximate surface area is 185 Å². The van der Waals surface area contributed by atoms with Crippen molar-refractivity contribution in [1.82, 2.24) is 4.31 Å². The zero-order valence-electron chi connectivity index (χ0n) is 15.9.